The van der Waals surface area contributed by atoms with E-state index in [2.05, 4.69) is 13.0 Å². The lowest BCUT2D eigenvalue weighted by atomic mass is 10.1. The van der Waals surface area contributed by atoms with Gasteiger partial charge in [-0.15, -0.1) is 0 Å². The van der Waals surface area contributed by atoms with Gasteiger partial charge in [0.25, 0.3) is 0 Å². The first-order valence-electron chi connectivity index (χ1n) is 6.62. The quantitative estimate of drug-likeness (QED) is 0.338. The minimum atomic E-state index is -1.11. The Hall–Kier alpha value is -1.16. The number of hydrogen-bond acceptors (Lipinski definition) is 3. The second-order valence-corrected chi connectivity index (χ2v) is 4.50. The van der Waals surface area contributed by atoms with Crippen molar-refractivity contribution in [2.75, 3.05) is 0 Å². The summed E-state index contributed by atoms with van der Waals surface area (Å²) in [6.07, 6.45) is 8.61. The maximum atomic E-state index is 11.1. The smallest absolute Gasteiger partial charge is 0.310 e. The number of unbranched alkanes of at least 4 members (excludes halogenated alkanes) is 3. The summed E-state index contributed by atoms with van der Waals surface area (Å²) in [6, 6.07) is 0. The van der Waals surface area contributed by atoms with Crippen LogP contribution in [0.25, 0.3) is 0 Å². The van der Waals surface area contributed by atoms with Crippen LogP contribution in [0.15, 0.2) is 12.2 Å². The lowest BCUT2D eigenvalue weighted by molar-refractivity contribution is -0.140. The Labute approximate surface area is 109 Å². The summed E-state index contributed by atoms with van der Waals surface area (Å²) < 4.78 is 0. The zero-order valence-electron chi connectivity index (χ0n) is 11.1. The van der Waals surface area contributed by atoms with Crippen LogP contribution in [-0.4, -0.2) is 28.1 Å². The molecule has 0 bridgehead atoms. The predicted molar refractivity (Wildman–Crippen MR) is 70.4 cm³/mol. The van der Waals surface area contributed by atoms with E-state index in [1.54, 1.807) is 0 Å². The zero-order valence-corrected chi connectivity index (χ0v) is 11.1. The summed E-state index contributed by atoms with van der Waals surface area (Å²) in [5.41, 5.74) is 0. The topological polar surface area (TPSA) is 74.6 Å². The first kappa shape index (κ1) is 16.8. The van der Waals surface area contributed by atoms with E-state index in [0.29, 0.717) is 12.8 Å². The molecule has 0 fully saturated rings. The Morgan fingerprint density at radius 2 is 1.94 bits per heavy atom. The van der Waals surface area contributed by atoms with E-state index >= 15 is 0 Å². The second-order valence-electron chi connectivity index (χ2n) is 4.50. The number of allylic oxidation sites excluding steroid dienone is 1. The average molecular weight is 256 g/mol. The Morgan fingerprint density at radius 1 is 1.22 bits per heavy atom. The van der Waals surface area contributed by atoms with Crippen molar-refractivity contribution >= 4 is 11.8 Å². The van der Waals surface area contributed by atoms with E-state index in [-0.39, 0.29) is 12.2 Å². The molecule has 0 aromatic heterocycles. The highest BCUT2D eigenvalue weighted by molar-refractivity contribution is 5.94. The van der Waals surface area contributed by atoms with Crippen molar-refractivity contribution < 1.29 is 19.8 Å². The largest absolute Gasteiger partial charge is 0.481 e. The van der Waals surface area contributed by atoms with E-state index in [4.69, 9.17) is 5.11 Å². The van der Waals surface area contributed by atoms with Gasteiger partial charge < -0.3 is 10.2 Å². The fourth-order valence-corrected chi connectivity index (χ4v) is 1.59. The van der Waals surface area contributed by atoms with Crippen LogP contribution in [-0.2, 0) is 9.59 Å². The van der Waals surface area contributed by atoms with Gasteiger partial charge in [-0.1, -0.05) is 31.9 Å². The molecule has 0 aliphatic carbocycles. The molecule has 0 saturated carbocycles. The number of aliphatic carboxylic acids is 1. The van der Waals surface area contributed by atoms with Crippen LogP contribution < -0.4 is 0 Å². The molecule has 104 valence electrons. The minimum absolute atomic E-state index is 0.136. The first-order chi connectivity index (χ1) is 8.56. The SMILES string of the molecule is CCCCC/C=C\C[C@@H](O)CCC(=O)CC(=O)O. The molecule has 0 spiro atoms. The van der Waals surface area contributed by atoms with Gasteiger partial charge in [0.2, 0.25) is 0 Å². The number of carboxylic acids is 1. The molecule has 0 unspecified atom stereocenters. The molecule has 18 heavy (non-hydrogen) atoms. The monoisotopic (exact) mass is 256 g/mol. The lowest BCUT2D eigenvalue weighted by Crippen LogP contribution is -2.11. The third kappa shape index (κ3) is 11.3. The van der Waals surface area contributed by atoms with Crippen LogP contribution >= 0.6 is 0 Å². The van der Waals surface area contributed by atoms with E-state index < -0.39 is 18.5 Å². The number of hydrogen-bond donors (Lipinski definition) is 2. The Bertz CT molecular complexity index is 271. The van der Waals surface area contributed by atoms with Gasteiger partial charge in [0.1, 0.15) is 12.2 Å². The Kier molecular flexibility index (Phi) is 10.3. The number of carbonyl (C=O) groups excluding carboxylic acids is 1. The molecule has 0 aliphatic heterocycles. The zero-order chi connectivity index (χ0) is 13.8. The van der Waals surface area contributed by atoms with Gasteiger partial charge in [0.15, 0.2) is 0 Å². The standard InChI is InChI=1S/C14H24O4/c1-2-3-4-5-6-7-8-12(15)9-10-13(16)11-14(17)18/h6-7,12,15H,2-5,8-11H2,1H3,(H,17,18)/b7-6-/t12-/m1/s1. The highest BCUT2D eigenvalue weighted by atomic mass is 16.4. The van der Waals surface area contributed by atoms with Crippen molar-refractivity contribution in [2.24, 2.45) is 0 Å². The van der Waals surface area contributed by atoms with Crippen molar-refractivity contribution in [2.45, 2.75) is 64.4 Å². The number of Topliss-reactive ketones (excluding diaryl/α,β-unsaturated/α-hetero) is 1. The molecular weight excluding hydrogens is 232 g/mol. The van der Waals surface area contributed by atoms with Gasteiger partial charge in [-0.25, -0.2) is 0 Å². The number of aliphatic hydroxyl groups excluding tert-OH is 1. The van der Waals surface area contributed by atoms with Crippen molar-refractivity contribution in [1.29, 1.82) is 0 Å². The van der Waals surface area contributed by atoms with Gasteiger partial charge in [-0.3, -0.25) is 9.59 Å². The van der Waals surface area contributed by atoms with Crippen LogP contribution in [0.2, 0.25) is 0 Å². The third-order valence-electron chi connectivity index (χ3n) is 2.65. The summed E-state index contributed by atoms with van der Waals surface area (Å²) in [6.45, 7) is 2.15. The maximum absolute atomic E-state index is 11.1. The van der Waals surface area contributed by atoms with Gasteiger partial charge in [-0.05, 0) is 25.7 Å². The molecule has 4 heteroatoms. The number of carbonyl (C=O) groups is 2. The Balaban J connectivity index is 3.55. The summed E-state index contributed by atoms with van der Waals surface area (Å²) in [7, 11) is 0. The van der Waals surface area contributed by atoms with Crippen LogP contribution in [0.4, 0.5) is 0 Å². The molecule has 0 saturated heterocycles. The average Bonchev–Trinajstić information content (AvgIpc) is 2.30. The summed E-state index contributed by atoms with van der Waals surface area (Å²) in [4.78, 5) is 21.4. The molecule has 0 radical (unpaired) electrons. The van der Waals surface area contributed by atoms with Crippen LogP contribution in [0.1, 0.15) is 58.3 Å². The molecular formula is C14H24O4. The van der Waals surface area contributed by atoms with E-state index in [1.807, 2.05) is 6.08 Å². The lowest BCUT2D eigenvalue weighted by Gasteiger charge is -2.06. The molecule has 0 amide bonds. The first-order valence-corrected chi connectivity index (χ1v) is 6.62. The predicted octanol–water partition coefficient (Wildman–Crippen LogP) is 2.70. The van der Waals surface area contributed by atoms with E-state index in [9.17, 15) is 14.7 Å². The summed E-state index contributed by atoms with van der Waals surface area (Å²) in [5, 5.41) is 18.0. The molecule has 2 N–H and O–H groups in total. The van der Waals surface area contributed by atoms with Gasteiger partial charge in [-0.2, -0.15) is 0 Å². The van der Waals surface area contributed by atoms with Gasteiger partial charge in [0, 0.05) is 6.42 Å². The highest BCUT2D eigenvalue weighted by Crippen LogP contribution is 2.06. The van der Waals surface area contributed by atoms with Gasteiger partial charge in [0.05, 0.1) is 6.10 Å². The highest BCUT2D eigenvalue weighted by Gasteiger charge is 2.10. The normalized spacial score (nSPS) is 12.8. The van der Waals surface area contributed by atoms with Crippen molar-refractivity contribution in [1.82, 2.24) is 0 Å². The number of ketones is 1. The molecule has 0 aromatic carbocycles. The van der Waals surface area contributed by atoms with Crippen LogP contribution in [0.5, 0.6) is 0 Å². The summed E-state index contributed by atoms with van der Waals surface area (Å²) >= 11 is 0. The van der Waals surface area contributed by atoms with E-state index in [1.165, 1.54) is 19.3 Å². The van der Waals surface area contributed by atoms with Crippen LogP contribution in [0.3, 0.4) is 0 Å². The number of aliphatic hydroxyl groups is 1. The van der Waals surface area contributed by atoms with Crippen LogP contribution in [0, 0.1) is 0 Å². The molecule has 1 atom stereocenters. The molecule has 0 aliphatic rings. The molecule has 0 aromatic rings. The minimum Gasteiger partial charge on any atom is -0.481 e. The van der Waals surface area contributed by atoms with Crippen molar-refractivity contribution in [3.63, 3.8) is 0 Å². The fraction of sp³-hybridized carbons (Fsp3) is 0.714. The number of carboxylic acid groups (broad SMARTS) is 1. The maximum Gasteiger partial charge on any atom is 0.310 e. The van der Waals surface area contributed by atoms with Crippen molar-refractivity contribution in [3.8, 4) is 0 Å². The molecule has 0 heterocycles. The number of rotatable bonds is 11. The Morgan fingerprint density at radius 3 is 2.56 bits per heavy atom. The van der Waals surface area contributed by atoms with Crippen molar-refractivity contribution in [3.05, 3.63) is 12.2 Å². The van der Waals surface area contributed by atoms with Gasteiger partial charge >= 0.3 is 5.97 Å². The van der Waals surface area contributed by atoms with E-state index in [0.717, 1.165) is 6.42 Å². The summed E-state index contributed by atoms with van der Waals surface area (Å²) in [5.74, 6) is -1.43. The fourth-order valence-electron chi connectivity index (χ4n) is 1.59. The molecule has 4 nitrogen and oxygen atoms in total. The third-order valence-corrected chi connectivity index (χ3v) is 2.65. The molecule has 0 rings (SSSR count). The second kappa shape index (κ2) is 11.0.